The lowest BCUT2D eigenvalue weighted by molar-refractivity contribution is -0.124. The van der Waals surface area contributed by atoms with Crippen molar-refractivity contribution in [2.45, 2.75) is 40.2 Å². The molecule has 2 heteroatoms. The van der Waals surface area contributed by atoms with E-state index >= 15 is 0 Å². The van der Waals surface area contributed by atoms with Crippen LogP contribution in [0.15, 0.2) is 18.2 Å². The summed E-state index contributed by atoms with van der Waals surface area (Å²) in [6, 6.07) is 6.10. The van der Waals surface area contributed by atoms with Crippen LogP contribution in [-0.2, 0) is 16.0 Å². The molecule has 0 aliphatic carbocycles. The van der Waals surface area contributed by atoms with Crippen LogP contribution in [0, 0.1) is 13.8 Å². The summed E-state index contributed by atoms with van der Waals surface area (Å²) >= 11 is 0. The Labute approximate surface area is 97.6 Å². The predicted octanol–water partition coefficient (Wildman–Crippen LogP) is 2.84. The lowest BCUT2D eigenvalue weighted by Gasteiger charge is -2.10. The predicted molar refractivity (Wildman–Crippen MR) is 65.7 cm³/mol. The van der Waals surface area contributed by atoms with Crippen LogP contribution in [0.4, 0.5) is 0 Å². The molecule has 0 aromatic heterocycles. The van der Waals surface area contributed by atoms with Crippen LogP contribution in [0.1, 0.15) is 30.5 Å². The van der Waals surface area contributed by atoms with Gasteiger partial charge < -0.3 is 4.74 Å². The molecule has 1 aromatic carbocycles. The second-order valence-corrected chi connectivity index (χ2v) is 4.45. The summed E-state index contributed by atoms with van der Waals surface area (Å²) < 4.78 is 5.31. The molecule has 1 rings (SSSR count). The first-order valence-electron chi connectivity index (χ1n) is 5.69. The SMILES string of the molecule is Cc1cccc(C)c1CC(=O)COC(C)C. The van der Waals surface area contributed by atoms with Gasteiger partial charge in [0.05, 0.1) is 6.10 Å². The molecule has 0 radical (unpaired) electrons. The lowest BCUT2D eigenvalue weighted by Crippen LogP contribution is -2.16. The van der Waals surface area contributed by atoms with Gasteiger partial charge in [-0.05, 0) is 44.4 Å². The van der Waals surface area contributed by atoms with Gasteiger partial charge in [-0.2, -0.15) is 0 Å². The van der Waals surface area contributed by atoms with Crippen molar-refractivity contribution < 1.29 is 9.53 Å². The molecule has 0 spiro atoms. The van der Waals surface area contributed by atoms with Gasteiger partial charge in [-0.15, -0.1) is 0 Å². The molecule has 0 saturated heterocycles. The molecule has 88 valence electrons. The van der Waals surface area contributed by atoms with E-state index in [2.05, 4.69) is 0 Å². The van der Waals surface area contributed by atoms with Crippen molar-refractivity contribution in [3.8, 4) is 0 Å². The molecule has 0 heterocycles. The van der Waals surface area contributed by atoms with Crippen molar-refractivity contribution in [1.29, 1.82) is 0 Å². The first-order chi connectivity index (χ1) is 7.50. The number of benzene rings is 1. The molecule has 0 aliphatic heterocycles. The first-order valence-corrected chi connectivity index (χ1v) is 5.69. The van der Waals surface area contributed by atoms with Crippen LogP contribution >= 0.6 is 0 Å². The zero-order valence-corrected chi connectivity index (χ0v) is 10.5. The maximum atomic E-state index is 11.7. The highest BCUT2D eigenvalue weighted by Gasteiger charge is 2.09. The van der Waals surface area contributed by atoms with Crippen molar-refractivity contribution in [3.63, 3.8) is 0 Å². The quantitative estimate of drug-likeness (QED) is 0.762. The van der Waals surface area contributed by atoms with E-state index in [4.69, 9.17) is 4.74 Å². The van der Waals surface area contributed by atoms with Crippen molar-refractivity contribution >= 4 is 5.78 Å². The van der Waals surface area contributed by atoms with Crippen molar-refractivity contribution in [2.75, 3.05) is 6.61 Å². The summed E-state index contributed by atoms with van der Waals surface area (Å²) in [5.74, 6) is 0.145. The van der Waals surface area contributed by atoms with Crippen LogP contribution in [0.2, 0.25) is 0 Å². The molecule has 0 bridgehead atoms. The molecule has 1 aromatic rings. The summed E-state index contributed by atoms with van der Waals surface area (Å²) in [6.07, 6.45) is 0.590. The molecule has 0 N–H and O–H groups in total. The third-order valence-electron chi connectivity index (χ3n) is 2.60. The fraction of sp³-hybridized carbons (Fsp3) is 0.500. The highest BCUT2D eigenvalue weighted by Crippen LogP contribution is 2.14. The maximum absolute atomic E-state index is 11.7. The average molecular weight is 220 g/mol. The van der Waals surface area contributed by atoms with Crippen LogP contribution < -0.4 is 0 Å². The van der Waals surface area contributed by atoms with Gasteiger partial charge in [-0.1, -0.05) is 18.2 Å². The third kappa shape index (κ3) is 3.78. The van der Waals surface area contributed by atoms with Gasteiger partial charge >= 0.3 is 0 Å². The molecule has 0 fully saturated rings. The number of rotatable bonds is 5. The van der Waals surface area contributed by atoms with Crippen molar-refractivity contribution in [3.05, 3.63) is 34.9 Å². The Morgan fingerprint density at radius 3 is 2.31 bits per heavy atom. The number of ether oxygens (including phenoxy) is 1. The van der Waals surface area contributed by atoms with E-state index in [1.807, 2.05) is 45.9 Å². The molecular weight excluding hydrogens is 200 g/mol. The monoisotopic (exact) mass is 220 g/mol. The molecule has 16 heavy (non-hydrogen) atoms. The van der Waals surface area contributed by atoms with Gasteiger partial charge in [0.1, 0.15) is 6.61 Å². The average Bonchev–Trinajstić information content (AvgIpc) is 2.21. The largest absolute Gasteiger partial charge is 0.371 e. The van der Waals surface area contributed by atoms with Crippen molar-refractivity contribution in [1.82, 2.24) is 0 Å². The zero-order chi connectivity index (χ0) is 12.1. The maximum Gasteiger partial charge on any atom is 0.162 e. The van der Waals surface area contributed by atoms with Crippen LogP contribution in [0.5, 0.6) is 0 Å². The number of hydrogen-bond donors (Lipinski definition) is 0. The minimum atomic E-state index is 0.113. The molecular formula is C14H20O2. The summed E-state index contributed by atoms with van der Waals surface area (Å²) in [5.41, 5.74) is 3.50. The highest BCUT2D eigenvalue weighted by molar-refractivity contribution is 5.82. The molecule has 2 nitrogen and oxygen atoms in total. The third-order valence-corrected chi connectivity index (χ3v) is 2.60. The van der Waals surface area contributed by atoms with E-state index in [0.717, 1.165) is 5.56 Å². The van der Waals surface area contributed by atoms with E-state index in [9.17, 15) is 4.79 Å². The van der Waals surface area contributed by atoms with Gasteiger partial charge in [0, 0.05) is 6.42 Å². The number of Topliss-reactive ketones (excluding diaryl/α,β-unsaturated/α-hetero) is 1. The normalized spacial score (nSPS) is 10.8. The molecule has 0 atom stereocenters. The zero-order valence-electron chi connectivity index (χ0n) is 10.5. The second-order valence-electron chi connectivity index (χ2n) is 4.45. The smallest absolute Gasteiger partial charge is 0.162 e. The Morgan fingerprint density at radius 2 is 1.81 bits per heavy atom. The molecule has 0 amide bonds. The van der Waals surface area contributed by atoms with Crippen LogP contribution in [-0.4, -0.2) is 18.5 Å². The minimum absolute atomic E-state index is 0.113. The minimum Gasteiger partial charge on any atom is -0.371 e. The van der Waals surface area contributed by atoms with E-state index in [0.29, 0.717) is 6.42 Å². The number of hydrogen-bond acceptors (Lipinski definition) is 2. The summed E-state index contributed by atoms with van der Waals surface area (Å²) in [7, 11) is 0. The molecule has 0 unspecified atom stereocenters. The Kier molecular flexibility index (Phi) is 4.69. The topological polar surface area (TPSA) is 26.3 Å². The van der Waals surface area contributed by atoms with Gasteiger partial charge in [-0.25, -0.2) is 0 Å². The van der Waals surface area contributed by atoms with Crippen molar-refractivity contribution in [2.24, 2.45) is 0 Å². The molecule has 0 aliphatic rings. The standard InChI is InChI=1S/C14H20O2/c1-10(2)16-9-13(15)8-14-11(3)6-5-7-12(14)4/h5-7,10H,8-9H2,1-4H3. The van der Waals surface area contributed by atoms with E-state index in [1.165, 1.54) is 11.1 Å². The summed E-state index contributed by atoms with van der Waals surface area (Å²) in [6.45, 7) is 8.17. The number of ketones is 1. The van der Waals surface area contributed by atoms with Crippen LogP contribution in [0.3, 0.4) is 0 Å². The fourth-order valence-electron chi connectivity index (χ4n) is 1.64. The van der Waals surface area contributed by atoms with E-state index in [1.54, 1.807) is 0 Å². The van der Waals surface area contributed by atoms with Gasteiger partial charge in [0.25, 0.3) is 0 Å². The summed E-state index contributed by atoms with van der Waals surface area (Å²) in [5, 5.41) is 0. The van der Waals surface area contributed by atoms with E-state index in [-0.39, 0.29) is 18.5 Å². The number of carbonyl (C=O) groups excluding carboxylic acids is 1. The van der Waals surface area contributed by atoms with Gasteiger partial charge in [-0.3, -0.25) is 4.79 Å². The Balaban J connectivity index is 2.63. The Bertz CT molecular complexity index is 347. The Morgan fingerprint density at radius 1 is 1.25 bits per heavy atom. The second kappa shape index (κ2) is 5.80. The van der Waals surface area contributed by atoms with Gasteiger partial charge in [0.2, 0.25) is 0 Å². The highest BCUT2D eigenvalue weighted by atomic mass is 16.5. The molecule has 0 saturated carbocycles. The number of carbonyl (C=O) groups is 1. The number of aryl methyl sites for hydroxylation is 2. The van der Waals surface area contributed by atoms with E-state index < -0.39 is 0 Å². The summed E-state index contributed by atoms with van der Waals surface area (Å²) in [4.78, 5) is 11.7. The lowest BCUT2D eigenvalue weighted by atomic mass is 9.98. The Hall–Kier alpha value is -1.15. The fourth-order valence-corrected chi connectivity index (χ4v) is 1.64. The first kappa shape index (κ1) is 12.9. The van der Waals surface area contributed by atoms with Gasteiger partial charge in [0.15, 0.2) is 5.78 Å². The van der Waals surface area contributed by atoms with Crippen LogP contribution in [0.25, 0.3) is 0 Å².